The molecule has 3 rings (SSSR count). The highest BCUT2D eigenvalue weighted by Gasteiger charge is 2.19. The van der Waals surface area contributed by atoms with E-state index in [2.05, 4.69) is 26.7 Å². The van der Waals surface area contributed by atoms with Crippen molar-refractivity contribution in [2.45, 2.75) is 26.8 Å². The summed E-state index contributed by atoms with van der Waals surface area (Å²) in [6, 6.07) is 14.9. The lowest BCUT2D eigenvalue weighted by atomic mass is 10.0. The van der Waals surface area contributed by atoms with Gasteiger partial charge in [0.15, 0.2) is 0 Å². The van der Waals surface area contributed by atoms with E-state index >= 15 is 0 Å². The standard InChI is InChI=1S/C21H23N5O/c1-13-5-4-6-16(10-13)19(20(22)27)26-21-23-8-7-18(25-21)24-17-11-14(2)9-15(3)12-17/h4-12,19H,1-3H3,(H2,22,27)(H2,23,24,25,26)/t19-/m1/s1. The minimum Gasteiger partial charge on any atom is -0.368 e. The fraction of sp³-hybridized carbons (Fsp3) is 0.190. The van der Waals surface area contributed by atoms with Crippen molar-refractivity contribution in [1.29, 1.82) is 0 Å². The van der Waals surface area contributed by atoms with Crippen LogP contribution in [0.3, 0.4) is 0 Å². The summed E-state index contributed by atoms with van der Waals surface area (Å²) in [6.07, 6.45) is 1.63. The van der Waals surface area contributed by atoms with Gasteiger partial charge in [-0.05, 0) is 55.7 Å². The summed E-state index contributed by atoms with van der Waals surface area (Å²) in [7, 11) is 0. The van der Waals surface area contributed by atoms with Crippen LogP contribution in [-0.2, 0) is 4.79 Å². The van der Waals surface area contributed by atoms with Crippen molar-refractivity contribution in [3.8, 4) is 0 Å². The van der Waals surface area contributed by atoms with Crippen LogP contribution < -0.4 is 16.4 Å². The van der Waals surface area contributed by atoms with E-state index < -0.39 is 11.9 Å². The van der Waals surface area contributed by atoms with Crippen molar-refractivity contribution in [1.82, 2.24) is 9.97 Å². The Kier molecular flexibility index (Phi) is 5.35. The van der Waals surface area contributed by atoms with Gasteiger partial charge in [-0.3, -0.25) is 4.79 Å². The second-order valence-electron chi connectivity index (χ2n) is 6.66. The van der Waals surface area contributed by atoms with Crippen molar-refractivity contribution in [3.63, 3.8) is 0 Å². The third-order valence-corrected chi connectivity index (χ3v) is 4.08. The summed E-state index contributed by atoms with van der Waals surface area (Å²) in [6.45, 7) is 6.06. The van der Waals surface area contributed by atoms with Gasteiger partial charge in [0.2, 0.25) is 11.9 Å². The molecule has 0 aliphatic rings. The molecular formula is C21H23N5O. The normalized spacial score (nSPS) is 11.7. The van der Waals surface area contributed by atoms with E-state index in [1.54, 1.807) is 12.3 Å². The molecule has 1 atom stereocenters. The van der Waals surface area contributed by atoms with Crippen LogP contribution in [-0.4, -0.2) is 15.9 Å². The SMILES string of the molecule is Cc1cc(C)cc(Nc2ccnc(N[C@@H](C(N)=O)c3cccc(C)c3)n2)c1. The molecule has 0 fully saturated rings. The molecule has 0 bridgehead atoms. The van der Waals surface area contributed by atoms with Crippen LogP contribution in [0.5, 0.6) is 0 Å². The van der Waals surface area contributed by atoms with Crippen LogP contribution in [0.15, 0.2) is 54.7 Å². The molecule has 6 heteroatoms. The summed E-state index contributed by atoms with van der Waals surface area (Å²) >= 11 is 0. The van der Waals surface area contributed by atoms with Gasteiger partial charge in [-0.25, -0.2) is 4.98 Å². The number of aromatic nitrogens is 2. The first kappa shape index (κ1) is 18.4. The predicted molar refractivity (Wildman–Crippen MR) is 108 cm³/mol. The molecule has 2 aromatic carbocycles. The molecule has 138 valence electrons. The molecule has 0 saturated heterocycles. The molecule has 0 spiro atoms. The highest BCUT2D eigenvalue weighted by molar-refractivity contribution is 5.84. The number of anilines is 3. The van der Waals surface area contributed by atoms with E-state index in [4.69, 9.17) is 5.73 Å². The van der Waals surface area contributed by atoms with Crippen LogP contribution in [0.25, 0.3) is 0 Å². The topological polar surface area (TPSA) is 92.9 Å². The van der Waals surface area contributed by atoms with Crippen molar-refractivity contribution < 1.29 is 4.79 Å². The number of nitrogens with one attached hydrogen (secondary N) is 2. The number of benzene rings is 2. The number of nitrogens with two attached hydrogens (primary N) is 1. The number of hydrogen-bond acceptors (Lipinski definition) is 5. The Balaban J connectivity index is 1.82. The summed E-state index contributed by atoms with van der Waals surface area (Å²) in [5.74, 6) is 0.469. The first-order chi connectivity index (χ1) is 12.9. The Morgan fingerprint density at radius 3 is 2.41 bits per heavy atom. The smallest absolute Gasteiger partial charge is 0.244 e. The van der Waals surface area contributed by atoms with Gasteiger partial charge in [-0.1, -0.05) is 35.9 Å². The fourth-order valence-corrected chi connectivity index (χ4v) is 2.99. The zero-order valence-corrected chi connectivity index (χ0v) is 15.7. The lowest BCUT2D eigenvalue weighted by Crippen LogP contribution is -2.28. The van der Waals surface area contributed by atoms with E-state index in [1.165, 1.54) is 0 Å². The maximum atomic E-state index is 12.0. The van der Waals surface area contributed by atoms with E-state index in [0.29, 0.717) is 11.8 Å². The van der Waals surface area contributed by atoms with Crippen molar-refractivity contribution >= 4 is 23.4 Å². The quantitative estimate of drug-likeness (QED) is 0.621. The number of primary amides is 1. The average Bonchev–Trinajstić information content (AvgIpc) is 2.59. The molecule has 1 amide bonds. The monoisotopic (exact) mass is 361 g/mol. The number of rotatable bonds is 6. The molecule has 4 N–H and O–H groups in total. The average molecular weight is 361 g/mol. The third-order valence-electron chi connectivity index (χ3n) is 4.08. The highest BCUT2D eigenvalue weighted by atomic mass is 16.1. The maximum Gasteiger partial charge on any atom is 0.244 e. The second kappa shape index (κ2) is 7.86. The largest absolute Gasteiger partial charge is 0.368 e. The summed E-state index contributed by atoms with van der Waals surface area (Å²) in [5.41, 5.74) is 10.7. The van der Waals surface area contributed by atoms with Crippen LogP contribution in [0.1, 0.15) is 28.3 Å². The summed E-state index contributed by atoms with van der Waals surface area (Å²) < 4.78 is 0. The van der Waals surface area contributed by atoms with E-state index in [-0.39, 0.29) is 0 Å². The number of aryl methyl sites for hydroxylation is 3. The Morgan fingerprint density at radius 1 is 1.00 bits per heavy atom. The minimum absolute atomic E-state index is 0.328. The molecule has 27 heavy (non-hydrogen) atoms. The molecule has 0 aliphatic carbocycles. The van der Waals surface area contributed by atoms with Gasteiger partial charge in [-0.15, -0.1) is 0 Å². The molecule has 1 heterocycles. The van der Waals surface area contributed by atoms with Gasteiger partial charge >= 0.3 is 0 Å². The highest BCUT2D eigenvalue weighted by Crippen LogP contribution is 2.21. The first-order valence-corrected chi connectivity index (χ1v) is 8.71. The maximum absolute atomic E-state index is 12.0. The molecule has 6 nitrogen and oxygen atoms in total. The molecule has 0 aliphatic heterocycles. The van der Waals surface area contributed by atoms with Crippen LogP contribution in [0.2, 0.25) is 0 Å². The number of carbonyl (C=O) groups excluding carboxylic acids is 1. The lowest BCUT2D eigenvalue weighted by Gasteiger charge is -2.17. The predicted octanol–water partition coefficient (Wildman–Crippen LogP) is 3.78. The first-order valence-electron chi connectivity index (χ1n) is 8.71. The molecule has 1 aromatic heterocycles. The molecule has 0 radical (unpaired) electrons. The number of hydrogen-bond donors (Lipinski definition) is 3. The Morgan fingerprint density at radius 2 is 1.74 bits per heavy atom. The van der Waals surface area contributed by atoms with Gasteiger partial charge in [-0.2, -0.15) is 4.98 Å². The molecular weight excluding hydrogens is 338 g/mol. The minimum atomic E-state index is -0.707. The number of nitrogens with zero attached hydrogens (tertiary/aromatic N) is 2. The Hall–Kier alpha value is -3.41. The van der Waals surface area contributed by atoms with Gasteiger partial charge < -0.3 is 16.4 Å². The van der Waals surface area contributed by atoms with Gasteiger partial charge in [0, 0.05) is 11.9 Å². The van der Waals surface area contributed by atoms with Gasteiger partial charge in [0.25, 0.3) is 0 Å². The van der Waals surface area contributed by atoms with E-state index in [1.807, 2.05) is 57.2 Å². The summed E-state index contributed by atoms with van der Waals surface area (Å²) in [4.78, 5) is 20.6. The van der Waals surface area contributed by atoms with Gasteiger partial charge in [0.1, 0.15) is 11.9 Å². The van der Waals surface area contributed by atoms with Crippen LogP contribution in [0.4, 0.5) is 17.5 Å². The fourth-order valence-electron chi connectivity index (χ4n) is 2.99. The lowest BCUT2D eigenvalue weighted by molar-refractivity contribution is -0.118. The zero-order valence-electron chi connectivity index (χ0n) is 15.7. The Bertz CT molecular complexity index is 950. The van der Waals surface area contributed by atoms with Crippen molar-refractivity contribution in [2.24, 2.45) is 5.73 Å². The number of carbonyl (C=O) groups is 1. The van der Waals surface area contributed by atoms with Crippen LogP contribution >= 0.6 is 0 Å². The van der Waals surface area contributed by atoms with Crippen molar-refractivity contribution in [3.05, 3.63) is 77.0 Å². The van der Waals surface area contributed by atoms with E-state index in [9.17, 15) is 4.79 Å². The molecule has 0 saturated carbocycles. The van der Waals surface area contributed by atoms with Gasteiger partial charge in [0.05, 0.1) is 0 Å². The van der Waals surface area contributed by atoms with E-state index in [0.717, 1.165) is 27.9 Å². The molecule has 0 unspecified atom stereocenters. The molecule has 3 aromatic rings. The zero-order chi connectivity index (χ0) is 19.4. The Labute approximate surface area is 158 Å². The van der Waals surface area contributed by atoms with Crippen molar-refractivity contribution in [2.75, 3.05) is 10.6 Å². The third kappa shape index (κ3) is 4.82. The summed E-state index contributed by atoms with van der Waals surface area (Å²) in [5, 5.41) is 6.30. The van der Waals surface area contributed by atoms with Crippen LogP contribution in [0, 0.1) is 20.8 Å². The second-order valence-corrected chi connectivity index (χ2v) is 6.66. The number of amides is 1.